The highest BCUT2D eigenvalue weighted by Gasteiger charge is 2.24. The first-order valence-corrected chi connectivity index (χ1v) is 5.80. The summed E-state index contributed by atoms with van der Waals surface area (Å²) in [7, 11) is 1.65. The first kappa shape index (κ1) is 11.7. The number of rotatable bonds is 3. The number of ether oxygens (including phenoxy) is 1. The van der Waals surface area contributed by atoms with Crippen molar-refractivity contribution in [2.75, 3.05) is 7.11 Å². The molecule has 0 bridgehead atoms. The summed E-state index contributed by atoms with van der Waals surface area (Å²) in [4.78, 5) is 11.2. The van der Waals surface area contributed by atoms with Crippen LogP contribution in [0, 0.1) is 0 Å². The molecule has 0 atom stereocenters. The molecule has 2 rings (SSSR count). The lowest BCUT2D eigenvalue weighted by Gasteiger charge is -2.08. The molecule has 3 heteroatoms. The van der Waals surface area contributed by atoms with Gasteiger partial charge in [0.15, 0.2) is 0 Å². The van der Waals surface area contributed by atoms with Crippen LogP contribution in [0.5, 0.6) is 5.75 Å². The molecule has 0 heterocycles. The molecule has 17 heavy (non-hydrogen) atoms. The Hall–Kier alpha value is -1.77. The Bertz CT molecular complexity index is 486. The van der Waals surface area contributed by atoms with E-state index in [1.807, 2.05) is 25.1 Å². The predicted octanol–water partition coefficient (Wildman–Crippen LogP) is 2.89. The highest BCUT2D eigenvalue weighted by atomic mass is 16.5. The molecular weight excluding hydrogens is 216 g/mol. The van der Waals surface area contributed by atoms with Crippen LogP contribution >= 0.6 is 0 Å². The van der Waals surface area contributed by atoms with Crippen LogP contribution in [0.3, 0.4) is 0 Å². The van der Waals surface area contributed by atoms with Crippen molar-refractivity contribution in [3.63, 3.8) is 0 Å². The van der Waals surface area contributed by atoms with Gasteiger partial charge in [-0.2, -0.15) is 0 Å². The zero-order valence-corrected chi connectivity index (χ0v) is 10.1. The predicted molar refractivity (Wildman–Crippen MR) is 66.2 cm³/mol. The molecular formula is C14H16O3. The summed E-state index contributed by atoms with van der Waals surface area (Å²) in [6, 6.07) is 5.82. The second-order valence-corrected chi connectivity index (χ2v) is 4.10. The third-order valence-electron chi connectivity index (χ3n) is 3.28. The summed E-state index contributed by atoms with van der Waals surface area (Å²) in [5.41, 5.74) is 3.67. The minimum absolute atomic E-state index is 0.525. The number of hydrogen-bond acceptors (Lipinski definition) is 2. The Labute approximate surface area is 101 Å². The van der Waals surface area contributed by atoms with Crippen LogP contribution in [0.1, 0.15) is 30.9 Å². The van der Waals surface area contributed by atoms with E-state index in [0.717, 1.165) is 35.3 Å². The molecule has 1 aliphatic rings. The number of hydrogen-bond donors (Lipinski definition) is 1. The summed E-state index contributed by atoms with van der Waals surface area (Å²) < 4.78 is 5.31. The van der Waals surface area contributed by atoms with Gasteiger partial charge >= 0.3 is 5.97 Å². The van der Waals surface area contributed by atoms with Gasteiger partial charge in [-0.25, -0.2) is 4.79 Å². The van der Waals surface area contributed by atoms with E-state index in [-0.39, 0.29) is 0 Å². The third kappa shape index (κ3) is 1.93. The molecule has 0 spiro atoms. The quantitative estimate of drug-likeness (QED) is 0.815. The number of benzene rings is 1. The second-order valence-electron chi connectivity index (χ2n) is 4.10. The summed E-state index contributed by atoms with van der Waals surface area (Å²) in [6.45, 7) is 1.88. The largest absolute Gasteiger partial charge is 0.496 e. The van der Waals surface area contributed by atoms with Crippen molar-refractivity contribution in [1.29, 1.82) is 0 Å². The lowest BCUT2D eigenvalue weighted by atomic mass is 10.00. The van der Waals surface area contributed by atoms with Crippen molar-refractivity contribution in [1.82, 2.24) is 0 Å². The van der Waals surface area contributed by atoms with Gasteiger partial charge in [-0.3, -0.25) is 0 Å². The number of allylic oxidation sites excluding steroid dienone is 1. The second kappa shape index (κ2) is 4.62. The fourth-order valence-corrected chi connectivity index (χ4v) is 2.49. The van der Waals surface area contributed by atoms with E-state index < -0.39 is 5.97 Å². The van der Waals surface area contributed by atoms with E-state index in [1.54, 1.807) is 7.11 Å². The molecule has 0 fully saturated rings. The third-order valence-corrected chi connectivity index (χ3v) is 3.28. The van der Waals surface area contributed by atoms with Crippen LogP contribution in [0.4, 0.5) is 0 Å². The first-order valence-electron chi connectivity index (χ1n) is 5.80. The van der Waals surface area contributed by atoms with Crippen molar-refractivity contribution < 1.29 is 14.6 Å². The minimum atomic E-state index is -0.807. The van der Waals surface area contributed by atoms with Crippen molar-refractivity contribution in [2.45, 2.75) is 26.2 Å². The number of carbonyl (C=O) groups is 1. The van der Waals surface area contributed by atoms with E-state index >= 15 is 0 Å². The average molecular weight is 232 g/mol. The van der Waals surface area contributed by atoms with E-state index in [0.29, 0.717) is 12.0 Å². The molecule has 0 aliphatic heterocycles. The van der Waals surface area contributed by atoms with Gasteiger partial charge in [0.2, 0.25) is 0 Å². The van der Waals surface area contributed by atoms with Gasteiger partial charge in [-0.15, -0.1) is 0 Å². The Morgan fingerprint density at radius 3 is 2.76 bits per heavy atom. The molecule has 0 unspecified atom stereocenters. The van der Waals surface area contributed by atoms with Crippen LogP contribution in [-0.4, -0.2) is 18.2 Å². The molecule has 0 radical (unpaired) electrons. The highest BCUT2D eigenvalue weighted by molar-refractivity contribution is 5.98. The highest BCUT2D eigenvalue weighted by Crippen LogP contribution is 2.39. The van der Waals surface area contributed by atoms with Gasteiger partial charge in [0.1, 0.15) is 5.75 Å². The lowest BCUT2D eigenvalue weighted by Crippen LogP contribution is -2.02. The maximum Gasteiger partial charge on any atom is 0.331 e. The van der Waals surface area contributed by atoms with Crippen LogP contribution < -0.4 is 4.74 Å². The first-order chi connectivity index (χ1) is 8.19. The van der Waals surface area contributed by atoms with Gasteiger partial charge in [0, 0.05) is 11.1 Å². The zero-order valence-electron chi connectivity index (χ0n) is 10.1. The Morgan fingerprint density at radius 1 is 1.41 bits per heavy atom. The van der Waals surface area contributed by atoms with Gasteiger partial charge in [0.05, 0.1) is 7.11 Å². The van der Waals surface area contributed by atoms with Crippen molar-refractivity contribution in [3.05, 3.63) is 34.9 Å². The fraction of sp³-hybridized carbons (Fsp3) is 0.357. The maximum atomic E-state index is 11.2. The van der Waals surface area contributed by atoms with Gasteiger partial charge < -0.3 is 9.84 Å². The lowest BCUT2D eigenvalue weighted by molar-refractivity contribution is -0.132. The van der Waals surface area contributed by atoms with Crippen LogP contribution in [0.25, 0.3) is 5.57 Å². The molecule has 0 amide bonds. The summed E-state index contributed by atoms with van der Waals surface area (Å²) in [5.74, 6) is 0.0523. The molecule has 1 aromatic carbocycles. The molecule has 3 nitrogen and oxygen atoms in total. The van der Waals surface area contributed by atoms with E-state index in [4.69, 9.17) is 4.74 Å². The standard InChI is InChI=1S/C14H16O3/c1-3-9(14(15)16)11-7-8-12-10(11)5-4-6-13(12)17-2/h4-6H,3,7-8H2,1-2H3,(H,15,16)/b11-9+. The van der Waals surface area contributed by atoms with Crippen LogP contribution in [-0.2, 0) is 11.2 Å². The topological polar surface area (TPSA) is 46.5 Å². The molecule has 0 saturated carbocycles. The Morgan fingerprint density at radius 2 is 2.18 bits per heavy atom. The van der Waals surface area contributed by atoms with E-state index in [1.165, 1.54) is 0 Å². The van der Waals surface area contributed by atoms with Gasteiger partial charge in [0.25, 0.3) is 0 Å². The average Bonchev–Trinajstić information content (AvgIpc) is 2.73. The smallest absolute Gasteiger partial charge is 0.331 e. The van der Waals surface area contributed by atoms with E-state index in [2.05, 4.69) is 0 Å². The molecule has 1 N–H and O–H groups in total. The Balaban J connectivity index is 2.57. The summed E-state index contributed by atoms with van der Waals surface area (Å²) >= 11 is 0. The summed E-state index contributed by atoms with van der Waals surface area (Å²) in [5, 5.41) is 9.20. The van der Waals surface area contributed by atoms with Gasteiger partial charge in [-0.05, 0) is 36.5 Å². The van der Waals surface area contributed by atoms with Crippen LogP contribution in [0.15, 0.2) is 23.8 Å². The number of carboxylic acids is 1. The molecule has 0 saturated heterocycles. The number of carboxylic acid groups (broad SMARTS) is 1. The zero-order chi connectivity index (χ0) is 12.4. The van der Waals surface area contributed by atoms with Crippen molar-refractivity contribution in [2.24, 2.45) is 0 Å². The SMILES string of the molecule is CC/C(C(=O)O)=C1/CCc2c(OC)cccc21. The monoisotopic (exact) mass is 232 g/mol. The van der Waals surface area contributed by atoms with Crippen LogP contribution in [0.2, 0.25) is 0 Å². The van der Waals surface area contributed by atoms with Crippen molar-refractivity contribution in [3.8, 4) is 5.75 Å². The molecule has 1 aromatic rings. The maximum absolute atomic E-state index is 11.2. The number of aliphatic carboxylic acids is 1. The van der Waals surface area contributed by atoms with E-state index in [9.17, 15) is 9.90 Å². The fourth-order valence-electron chi connectivity index (χ4n) is 2.49. The Kier molecular flexibility index (Phi) is 3.18. The number of methoxy groups -OCH3 is 1. The normalized spacial score (nSPS) is 16.6. The molecule has 1 aliphatic carbocycles. The molecule has 90 valence electrons. The molecule has 0 aromatic heterocycles. The number of fused-ring (bicyclic) bond motifs is 1. The van der Waals surface area contributed by atoms with Crippen molar-refractivity contribution >= 4 is 11.5 Å². The minimum Gasteiger partial charge on any atom is -0.496 e. The van der Waals surface area contributed by atoms with Gasteiger partial charge in [-0.1, -0.05) is 19.1 Å². The summed E-state index contributed by atoms with van der Waals surface area (Å²) in [6.07, 6.45) is 2.22.